The second kappa shape index (κ2) is 9.74. The van der Waals surface area contributed by atoms with Crippen LogP contribution in [0.1, 0.15) is 26.3 Å². The molecule has 0 fully saturated rings. The minimum Gasteiger partial charge on any atom is -0.351 e. The van der Waals surface area contributed by atoms with Crippen molar-refractivity contribution >= 4 is 27.5 Å². The third-order valence-electron chi connectivity index (χ3n) is 2.91. The zero-order valence-electron chi connectivity index (χ0n) is 12.3. The van der Waals surface area contributed by atoms with Gasteiger partial charge in [0.2, 0.25) is 0 Å². The average Bonchev–Trinajstić information content (AvgIpc) is 2.41. The van der Waals surface area contributed by atoms with Gasteiger partial charge in [0.1, 0.15) is 0 Å². The van der Waals surface area contributed by atoms with Crippen molar-refractivity contribution in [1.29, 1.82) is 0 Å². The molecule has 0 aliphatic heterocycles. The topological polar surface area (TPSA) is 30.5 Å². The van der Waals surface area contributed by atoms with E-state index < -0.39 is 0 Å². The van der Waals surface area contributed by atoms with Gasteiger partial charge in [-0.25, -0.2) is 0 Å². The first kappa shape index (κ1) is 17.9. The van der Waals surface area contributed by atoms with E-state index in [-0.39, 0.29) is 12.3 Å². The molecule has 0 radical (unpaired) electrons. The molecule has 0 saturated carbocycles. The van der Waals surface area contributed by atoms with E-state index in [0.717, 1.165) is 28.0 Å². The Kier molecular flexibility index (Phi) is 8.73. The molecule has 0 heterocycles. The molecule has 1 rings (SSSR count). The van der Waals surface area contributed by atoms with Crippen LogP contribution in [0, 0.1) is 0 Å². The van der Waals surface area contributed by atoms with Crippen LogP contribution < -0.4 is 5.32 Å². The molecule has 1 atom stereocenters. The zero-order valence-corrected chi connectivity index (χ0v) is 14.6. The molecule has 1 aromatic carbocycles. The van der Waals surface area contributed by atoms with E-state index in [2.05, 4.69) is 28.2 Å². The zero-order chi connectivity index (χ0) is 15.0. The second-order valence-electron chi connectivity index (χ2n) is 4.38. The molecule has 3 nitrogen and oxygen atoms in total. The fourth-order valence-electron chi connectivity index (χ4n) is 2.06. The highest BCUT2D eigenvalue weighted by Gasteiger charge is 2.22. The SMILES string of the molecule is CCNC(Cc1ccc(Br)cc1Cl)C(OCC)OCC. The van der Waals surface area contributed by atoms with Crippen molar-refractivity contribution in [2.45, 2.75) is 39.5 Å². The van der Waals surface area contributed by atoms with Gasteiger partial charge in [-0.2, -0.15) is 0 Å². The smallest absolute Gasteiger partial charge is 0.172 e. The molecule has 0 amide bonds. The summed E-state index contributed by atoms with van der Waals surface area (Å²) < 4.78 is 12.4. The highest BCUT2D eigenvalue weighted by atomic mass is 79.9. The highest BCUT2D eigenvalue weighted by molar-refractivity contribution is 9.10. The summed E-state index contributed by atoms with van der Waals surface area (Å²) in [6.45, 7) is 8.13. The maximum Gasteiger partial charge on any atom is 0.172 e. The monoisotopic (exact) mass is 363 g/mol. The van der Waals surface area contributed by atoms with Gasteiger partial charge in [0.25, 0.3) is 0 Å². The number of hydrogen-bond acceptors (Lipinski definition) is 3. The van der Waals surface area contributed by atoms with Crippen LogP contribution in [0.25, 0.3) is 0 Å². The molecule has 0 saturated heterocycles. The number of likely N-dealkylation sites (N-methyl/N-ethyl adjacent to an activating group) is 1. The van der Waals surface area contributed by atoms with Gasteiger partial charge in [-0.05, 0) is 44.5 Å². The van der Waals surface area contributed by atoms with Gasteiger partial charge < -0.3 is 14.8 Å². The molecule has 1 unspecified atom stereocenters. The number of hydrogen-bond donors (Lipinski definition) is 1. The molecule has 0 aromatic heterocycles. The highest BCUT2D eigenvalue weighted by Crippen LogP contribution is 2.23. The summed E-state index contributed by atoms with van der Waals surface area (Å²) in [5.74, 6) is 0. The van der Waals surface area contributed by atoms with Gasteiger partial charge >= 0.3 is 0 Å². The third kappa shape index (κ3) is 5.70. The van der Waals surface area contributed by atoms with Crippen LogP contribution in [-0.4, -0.2) is 32.1 Å². The van der Waals surface area contributed by atoms with Crippen LogP contribution in [0.3, 0.4) is 0 Å². The molecule has 0 aliphatic rings. The van der Waals surface area contributed by atoms with Gasteiger partial charge in [-0.15, -0.1) is 0 Å². The lowest BCUT2D eigenvalue weighted by atomic mass is 10.1. The summed E-state index contributed by atoms with van der Waals surface area (Å²) in [6, 6.07) is 6.03. The van der Waals surface area contributed by atoms with Gasteiger partial charge in [0, 0.05) is 22.7 Å². The molecule has 0 bridgehead atoms. The summed E-state index contributed by atoms with van der Waals surface area (Å²) in [4.78, 5) is 0. The Morgan fingerprint density at radius 1 is 1.20 bits per heavy atom. The molecule has 5 heteroatoms. The normalized spacial score (nSPS) is 12.9. The van der Waals surface area contributed by atoms with Crippen molar-refractivity contribution in [2.24, 2.45) is 0 Å². The average molecular weight is 365 g/mol. The van der Waals surface area contributed by atoms with E-state index in [1.54, 1.807) is 0 Å². The molecule has 1 N–H and O–H groups in total. The Balaban J connectivity index is 2.83. The van der Waals surface area contributed by atoms with Crippen molar-refractivity contribution in [3.63, 3.8) is 0 Å². The number of halogens is 2. The minimum atomic E-state index is -0.260. The molecule has 0 aliphatic carbocycles. The predicted octanol–water partition coefficient (Wildman–Crippen LogP) is 4.02. The van der Waals surface area contributed by atoms with E-state index in [1.807, 2.05) is 32.0 Å². The Morgan fingerprint density at radius 2 is 1.85 bits per heavy atom. The molecular weight excluding hydrogens is 342 g/mol. The Morgan fingerprint density at radius 3 is 2.35 bits per heavy atom. The number of benzene rings is 1. The standard InChI is InChI=1S/C15H23BrClNO2/c1-4-18-14(15(19-5-2)20-6-3)9-11-7-8-12(16)10-13(11)17/h7-8,10,14-15,18H,4-6,9H2,1-3H3. The lowest BCUT2D eigenvalue weighted by Gasteiger charge is -2.27. The van der Waals surface area contributed by atoms with E-state index in [1.165, 1.54) is 0 Å². The van der Waals surface area contributed by atoms with Gasteiger partial charge in [0.15, 0.2) is 6.29 Å². The Hall–Kier alpha value is -0.130. The van der Waals surface area contributed by atoms with Crippen molar-refractivity contribution in [2.75, 3.05) is 19.8 Å². The van der Waals surface area contributed by atoms with Gasteiger partial charge in [0.05, 0.1) is 6.04 Å². The van der Waals surface area contributed by atoms with Crippen LogP contribution in [-0.2, 0) is 15.9 Å². The quantitative estimate of drug-likeness (QED) is 0.671. The molecule has 114 valence electrons. The number of rotatable bonds is 9. The molecular formula is C15H23BrClNO2. The fourth-order valence-corrected chi connectivity index (χ4v) is 2.81. The first-order valence-electron chi connectivity index (χ1n) is 7.02. The van der Waals surface area contributed by atoms with E-state index >= 15 is 0 Å². The Bertz CT molecular complexity index is 397. The second-order valence-corrected chi connectivity index (χ2v) is 5.71. The molecule has 1 aromatic rings. The van der Waals surface area contributed by atoms with Crippen LogP contribution >= 0.6 is 27.5 Å². The number of nitrogens with one attached hydrogen (secondary N) is 1. The fraction of sp³-hybridized carbons (Fsp3) is 0.600. The third-order valence-corrected chi connectivity index (χ3v) is 3.76. The predicted molar refractivity (Wildman–Crippen MR) is 87.4 cm³/mol. The van der Waals surface area contributed by atoms with Crippen LogP contribution in [0.15, 0.2) is 22.7 Å². The Labute approximate surface area is 135 Å². The van der Waals surface area contributed by atoms with Crippen LogP contribution in [0.4, 0.5) is 0 Å². The van der Waals surface area contributed by atoms with Crippen LogP contribution in [0.5, 0.6) is 0 Å². The van der Waals surface area contributed by atoms with Crippen molar-refractivity contribution in [3.8, 4) is 0 Å². The summed E-state index contributed by atoms with van der Waals surface area (Å²) in [7, 11) is 0. The lowest BCUT2D eigenvalue weighted by Crippen LogP contribution is -2.44. The van der Waals surface area contributed by atoms with E-state index in [4.69, 9.17) is 21.1 Å². The van der Waals surface area contributed by atoms with Gasteiger partial charge in [-0.1, -0.05) is 40.5 Å². The maximum atomic E-state index is 6.29. The first-order chi connectivity index (χ1) is 9.62. The van der Waals surface area contributed by atoms with Crippen molar-refractivity contribution in [1.82, 2.24) is 5.32 Å². The lowest BCUT2D eigenvalue weighted by molar-refractivity contribution is -0.153. The molecule has 0 spiro atoms. The van der Waals surface area contributed by atoms with Gasteiger partial charge in [-0.3, -0.25) is 0 Å². The first-order valence-corrected chi connectivity index (χ1v) is 8.19. The summed E-state index contributed by atoms with van der Waals surface area (Å²) in [5.41, 5.74) is 1.09. The van der Waals surface area contributed by atoms with E-state index in [9.17, 15) is 0 Å². The summed E-state index contributed by atoms with van der Waals surface area (Å²) in [5, 5.41) is 4.18. The summed E-state index contributed by atoms with van der Waals surface area (Å²) >= 11 is 9.72. The number of ether oxygens (including phenoxy) is 2. The minimum absolute atomic E-state index is 0.0820. The van der Waals surface area contributed by atoms with Crippen molar-refractivity contribution < 1.29 is 9.47 Å². The summed E-state index contributed by atoms with van der Waals surface area (Å²) in [6.07, 6.45) is 0.509. The maximum absolute atomic E-state index is 6.29. The van der Waals surface area contributed by atoms with Crippen LogP contribution in [0.2, 0.25) is 5.02 Å². The largest absolute Gasteiger partial charge is 0.351 e. The van der Waals surface area contributed by atoms with Crippen molar-refractivity contribution in [3.05, 3.63) is 33.3 Å². The van der Waals surface area contributed by atoms with E-state index in [0.29, 0.717) is 13.2 Å². The molecule has 20 heavy (non-hydrogen) atoms.